The highest BCUT2D eigenvalue weighted by Crippen LogP contribution is 2.12. The molecule has 2 heterocycles. The minimum atomic E-state index is -0.257. The molecular formula is C19H20N4O3. The molecule has 0 aliphatic carbocycles. The van der Waals surface area contributed by atoms with Gasteiger partial charge in [0.25, 0.3) is 5.91 Å². The molecule has 0 atom stereocenters. The van der Waals surface area contributed by atoms with E-state index in [9.17, 15) is 4.79 Å². The highest BCUT2D eigenvalue weighted by atomic mass is 16.5. The van der Waals surface area contributed by atoms with Crippen LogP contribution in [0, 0.1) is 6.92 Å². The molecule has 2 N–H and O–H groups in total. The molecule has 0 aliphatic rings. The smallest absolute Gasteiger partial charge is 0.270 e. The third-order valence-corrected chi connectivity index (χ3v) is 3.70. The molecule has 134 valence electrons. The Morgan fingerprint density at radius 1 is 1.15 bits per heavy atom. The molecule has 7 nitrogen and oxygen atoms in total. The van der Waals surface area contributed by atoms with Crippen molar-refractivity contribution in [2.24, 2.45) is 0 Å². The maximum atomic E-state index is 12.4. The van der Waals surface area contributed by atoms with E-state index in [1.807, 2.05) is 43.3 Å². The Balaban J connectivity index is 1.62. The van der Waals surface area contributed by atoms with Crippen molar-refractivity contribution in [1.29, 1.82) is 0 Å². The number of hydrogen-bond donors (Lipinski definition) is 2. The van der Waals surface area contributed by atoms with Crippen molar-refractivity contribution in [3.05, 3.63) is 71.4 Å². The second-order valence-corrected chi connectivity index (χ2v) is 5.68. The fourth-order valence-corrected chi connectivity index (χ4v) is 2.36. The number of carbonyl (C=O) groups excluding carboxylic acids is 1. The van der Waals surface area contributed by atoms with E-state index in [1.54, 1.807) is 19.4 Å². The van der Waals surface area contributed by atoms with Crippen LogP contribution in [-0.4, -0.2) is 23.0 Å². The van der Waals surface area contributed by atoms with Crippen LogP contribution in [0.5, 0.6) is 5.75 Å². The Labute approximate surface area is 151 Å². The fraction of sp³-hybridized carbons (Fsp3) is 0.211. The third kappa shape index (κ3) is 4.60. The Kier molecular flexibility index (Phi) is 5.48. The lowest BCUT2D eigenvalue weighted by Crippen LogP contribution is -2.24. The van der Waals surface area contributed by atoms with Crippen molar-refractivity contribution in [2.75, 3.05) is 12.4 Å². The number of benzene rings is 1. The van der Waals surface area contributed by atoms with Crippen molar-refractivity contribution in [3.63, 3.8) is 0 Å². The Hall–Kier alpha value is -3.35. The molecular weight excluding hydrogens is 332 g/mol. The van der Waals surface area contributed by atoms with Crippen LogP contribution in [0.25, 0.3) is 0 Å². The summed E-state index contributed by atoms with van der Waals surface area (Å²) >= 11 is 0. The van der Waals surface area contributed by atoms with Gasteiger partial charge < -0.3 is 19.8 Å². The van der Waals surface area contributed by atoms with E-state index in [1.165, 1.54) is 0 Å². The number of methoxy groups -OCH3 is 1. The standard InChI is InChI=1S/C19H20N4O3/c1-13-10-17(23-19(22-13)21-12-16-4-3-9-26-16)18(24)20-11-14-5-7-15(25-2)8-6-14/h3-10H,11-12H2,1-2H3,(H,20,24)(H,21,22,23). The molecule has 7 heteroatoms. The van der Waals surface area contributed by atoms with Gasteiger partial charge in [-0.3, -0.25) is 4.79 Å². The first-order chi connectivity index (χ1) is 12.6. The number of nitrogens with zero attached hydrogens (tertiary/aromatic N) is 2. The molecule has 2 aromatic heterocycles. The molecule has 0 radical (unpaired) electrons. The highest BCUT2D eigenvalue weighted by Gasteiger charge is 2.11. The number of anilines is 1. The highest BCUT2D eigenvalue weighted by molar-refractivity contribution is 5.92. The largest absolute Gasteiger partial charge is 0.497 e. The Bertz CT molecular complexity index is 861. The van der Waals surface area contributed by atoms with Crippen LogP contribution in [0.2, 0.25) is 0 Å². The van der Waals surface area contributed by atoms with Gasteiger partial charge in [0.05, 0.1) is 19.9 Å². The number of amides is 1. The van der Waals surface area contributed by atoms with Crippen molar-refractivity contribution in [2.45, 2.75) is 20.0 Å². The summed E-state index contributed by atoms with van der Waals surface area (Å²) in [6, 6.07) is 12.8. The molecule has 0 fully saturated rings. The maximum absolute atomic E-state index is 12.4. The maximum Gasteiger partial charge on any atom is 0.270 e. The summed E-state index contributed by atoms with van der Waals surface area (Å²) in [6.07, 6.45) is 1.60. The predicted molar refractivity (Wildman–Crippen MR) is 97.0 cm³/mol. The number of aromatic nitrogens is 2. The number of ether oxygens (including phenoxy) is 1. The molecule has 1 aromatic carbocycles. The molecule has 0 saturated carbocycles. The van der Waals surface area contributed by atoms with Gasteiger partial charge in [-0.2, -0.15) is 0 Å². The second kappa shape index (κ2) is 8.15. The van der Waals surface area contributed by atoms with E-state index in [0.717, 1.165) is 17.1 Å². The van der Waals surface area contributed by atoms with Crippen LogP contribution in [0.15, 0.2) is 53.1 Å². The number of aryl methyl sites for hydroxylation is 1. The number of hydrogen-bond acceptors (Lipinski definition) is 6. The number of furan rings is 1. The summed E-state index contributed by atoms with van der Waals surface area (Å²) in [4.78, 5) is 21.0. The summed E-state index contributed by atoms with van der Waals surface area (Å²) in [5.74, 6) is 1.67. The number of rotatable bonds is 7. The molecule has 26 heavy (non-hydrogen) atoms. The van der Waals surface area contributed by atoms with Gasteiger partial charge in [-0.15, -0.1) is 0 Å². The summed E-state index contributed by atoms with van der Waals surface area (Å²) in [6.45, 7) is 2.67. The van der Waals surface area contributed by atoms with Gasteiger partial charge >= 0.3 is 0 Å². The van der Waals surface area contributed by atoms with Crippen molar-refractivity contribution in [3.8, 4) is 5.75 Å². The fourth-order valence-electron chi connectivity index (χ4n) is 2.36. The molecule has 0 saturated heterocycles. The summed E-state index contributed by atoms with van der Waals surface area (Å²) in [7, 11) is 1.62. The van der Waals surface area contributed by atoms with Gasteiger partial charge in [0.15, 0.2) is 0 Å². The topological polar surface area (TPSA) is 89.3 Å². The number of nitrogens with one attached hydrogen (secondary N) is 2. The van der Waals surface area contributed by atoms with Crippen LogP contribution < -0.4 is 15.4 Å². The summed E-state index contributed by atoms with van der Waals surface area (Å²) in [5.41, 5.74) is 1.99. The van der Waals surface area contributed by atoms with Gasteiger partial charge in [0.1, 0.15) is 17.2 Å². The molecule has 0 aliphatic heterocycles. The van der Waals surface area contributed by atoms with Crippen LogP contribution in [0.3, 0.4) is 0 Å². The zero-order valence-electron chi connectivity index (χ0n) is 14.7. The van der Waals surface area contributed by atoms with E-state index >= 15 is 0 Å². The van der Waals surface area contributed by atoms with Gasteiger partial charge in [-0.1, -0.05) is 12.1 Å². The zero-order valence-corrected chi connectivity index (χ0v) is 14.7. The molecule has 3 aromatic rings. The lowest BCUT2D eigenvalue weighted by atomic mass is 10.2. The second-order valence-electron chi connectivity index (χ2n) is 5.68. The predicted octanol–water partition coefficient (Wildman–Crippen LogP) is 2.93. The van der Waals surface area contributed by atoms with Gasteiger partial charge in [0, 0.05) is 12.2 Å². The van der Waals surface area contributed by atoms with Gasteiger partial charge in [-0.05, 0) is 42.8 Å². The number of carbonyl (C=O) groups is 1. The average Bonchev–Trinajstić information content (AvgIpc) is 3.18. The van der Waals surface area contributed by atoms with Crippen LogP contribution in [0.1, 0.15) is 27.5 Å². The quantitative estimate of drug-likeness (QED) is 0.680. The van der Waals surface area contributed by atoms with Gasteiger partial charge in [0.2, 0.25) is 5.95 Å². The first-order valence-corrected chi connectivity index (χ1v) is 8.17. The third-order valence-electron chi connectivity index (χ3n) is 3.70. The summed E-state index contributed by atoms with van der Waals surface area (Å²) < 4.78 is 10.4. The normalized spacial score (nSPS) is 10.4. The molecule has 1 amide bonds. The molecule has 0 bridgehead atoms. The van der Waals surface area contributed by atoms with Gasteiger partial charge in [-0.25, -0.2) is 9.97 Å². The lowest BCUT2D eigenvalue weighted by molar-refractivity contribution is 0.0945. The summed E-state index contributed by atoms with van der Waals surface area (Å²) in [5, 5.41) is 5.92. The van der Waals surface area contributed by atoms with E-state index in [0.29, 0.717) is 30.4 Å². The van der Waals surface area contributed by atoms with E-state index in [4.69, 9.17) is 9.15 Å². The van der Waals surface area contributed by atoms with E-state index in [2.05, 4.69) is 20.6 Å². The average molecular weight is 352 g/mol. The molecule has 3 rings (SSSR count). The first kappa shape index (κ1) is 17.5. The SMILES string of the molecule is COc1ccc(CNC(=O)c2cc(C)nc(NCc3ccco3)n2)cc1. The monoisotopic (exact) mass is 352 g/mol. The zero-order chi connectivity index (χ0) is 18.4. The van der Waals surface area contributed by atoms with Crippen LogP contribution >= 0.6 is 0 Å². The molecule has 0 spiro atoms. The van der Waals surface area contributed by atoms with Crippen LogP contribution in [0.4, 0.5) is 5.95 Å². The van der Waals surface area contributed by atoms with Crippen molar-refractivity contribution in [1.82, 2.24) is 15.3 Å². The van der Waals surface area contributed by atoms with E-state index in [-0.39, 0.29) is 5.91 Å². The van der Waals surface area contributed by atoms with Crippen LogP contribution in [-0.2, 0) is 13.1 Å². The van der Waals surface area contributed by atoms with Crippen molar-refractivity contribution < 1.29 is 13.9 Å². The molecule has 0 unspecified atom stereocenters. The first-order valence-electron chi connectivity index (χ1n) is 8.17. The van der Waals surface area contributed by atoms with Crippen molar-refractivity contribution >= 4 is 11.9 Å². The lowest BCUT2D eigenvalue weighted by Gasteiger charge is -2.09. The van der Waals surface area contributed by atoms with E-state index < -0.39 is 0 Å². The Morgan fingerprint density at radius 2 is 1.96 bits per heavy atom. The minimum absolute atomic E-state index is 0.257. The Morgan fingerprint density at radius 3 is 2.65 bits per heavy atom. The minimum Gasteiger partial charge on any atom is -0.497 e.